The average molecular weight is 363 g/mol. The van der Waals surface area contributed by atoms with Crippen molar-refractivity contribution in [3.8, 4) is 0 Å². The first kappa shape index (κ1) is 19.1. The van der Waals surface area contributed by atoms with E-state index in [0.717, 1.165) is 19.5 Å². The summed E-state index contributed by atoms with van der Waals surface area (Å²) >= 11 is 0. The summed E-state index contributed by atoms with van der Waals surface area (Å²) in [6.45, 7) is 2.64. The van der Waals surface area contributed by atoms with Crippen LogP contribution in [0.5, 0.6) is 0 Å². The molecule has 0 aromatic heterocycles. The van der Waals surface area contributed by atoms with Crippen LogP contribution in [0, 0.1) is 5.92 Å². The lowest BCUT2D eigenvalue weighted by atomic mass is 9.82. The van der Waals surface area contributed by atoms with Crippen molar-refractivity contribution < 1.29 is 20.1 Å². The smallest absolute Gasteiger partial charge is 0.251 e. The zero-order valence-corrected chi connectivity index (χ0v) is 15.2. The van der Waals surface area contributed by atoms with E-state index in [1.165, 1.54) is 31.2 Å². The molecule has 0 bridgehead atoms. The monoisotopic (exact) mass is 363 g/mol. The van der Waals surface area contributed by atoms with Crippen molar-refractivity contribution in [3.63, 3.8) is 0 Å². The molecule has 3 rings (SSSR count). The second-order valence-corrected chi connectivity index (χ2v) is 7.13. The van der Waals surface area contributed by atoms with Gasteiger partial charge in [0, 0.05) is 44.8 Å². The molecule has 2 aliphatic carbocycles. The van der Waals surface area contributed by atoms with Crippen molar-refractivity contribution in [1.82, 2.24) is 15.1 Å². The highest BCUT2D eigenvalue weighted by Crippen LogP contribution is 2.36. The number of fused-ring (bicyclic) bond motifs is 1. The number of allylic oxidation sites excluding steroid dienone is 6. The van der Waals surface area contributed by atoms with Crippen LogP contribution >= 0.6 is 0 Å². The van der Waals surface area contributed by atoms with Gasteiger partial charge < -0.3 is 25.5 Å². The first-order chi connectivity index (χ1) is 12.5. The molecular weight excluding hydrogens is 334 g/mol. The molecule has 4 unspecified atom stereocenters. The van der Waals surface area contributed by atoms with Crippen molar-refractivity contribution in [1.29, 1.82) is 0 Å². The number of nitrogens with one attached hydrogen (secondary N) is 1. The fourth-order valence-corrected chi connectivity index (χ4v) is 4.06. The van der Waals surface area contributed by atoms with Crippen molar-refractivity contribution in [2.45, 2.75) is 37.7 Å². The number of carbonyl (C=O) groups is 1. The van der Waals surface area contributed by atoms with E-state index in [9.17, 15) is 20.1 Å². The van der Waals surface area contributed by atoms with Gasteiger partial charge in [-0.3, -0.25) is 9.69 Å². The van der Waals surface area contributed by atoms with Gasteiger partial charge in [0.15, 0.2) is 6.10 Å². The van der Waals surface area contributed by atoms with Gasteiger partial charge in [0.2, 0.25) is 0 Å². The zero-order chi connectivity index (χ0) is 18.7. The predicted molar refractivity (Wildman–Crippen MR) is 97.9 cm³/mol. The van der Waals surface area contributed by atoms with E-state index in [0.29, 0.717) is 19.0 Å². The standard InChI is InChI=1S/C19H29N3O4/c1-20-18(25)16(23)17(24)19(26)22-11-9-21(10-12-22)15-8-4-6-13-5-2-3-7-14(13)15/h2-3,5,7,13,16-17,19,23-24,26H,4,6,8-12H2,1H3,(H,20,25). The Labute approximate surface area is 154 Å². The van der Waals surface area contributed by atoms with Gasteiger partial charge in [-0.05, 0) is 24.8 Å². The average Bonchev–Trinajstić information content (AvgIpc) is 2.71. The van der Waals surface area contributed by atoms with E-state index in [4.69, 9.17) is 0 Å². The number of hydrogen-bond acceptors (Lipinski definition) is 6. The third-order valence-electron chi connectivity index (χ3n) is 5.61. The molecule has 7 nitrogen and oxygen atoms in total. The molecule has 1 heterocycles. The number of rotatable bonds is 5. The van der Waals surface area contributed by atoms with Crippen LogP contribution in [0.25, 0.3) is 0 Å². The summed E-state index contributed by atoms with van der Waals surface area (Å²) in [5.74, 6) is -0.190. The Morgan fingerprint density at radius 1 is 1.19 bits per heavy atom. The largest absolute Gasteiger partial charge is 0.386 e. The Balaban J connectivity index is 1.61. The third kappa shape index (κ3) is 3.86. The van der Waals surface area contributed by atoms with Crippen LogP contribution in [-0.4, -0.2) is 82.7 Å². The molecule has 7 heteroatoms. The summed E-state index contributed by atoms with van der Waals surface area (Å²) in [5, 5.41) is 32.5. The van der Waals surface area contributed by atoms with Gasteiger partial charge in [-0.15, -0.1) is 0 Å². The van der Waals surface area contributed by atoms with Gasteiger partial charge in [-0.1, -0.05) is 24.3 Å². The highest BCUT2D eigenvalue weighted by atomic mass is 16.4. The Kier molecular flexibility index (Phi) is 6.13. The van der Waals surface area contributed by atoms with Gasteiger partial charge in [-0.2, -0.15) is 0 Å². The first-order valence-electron chi connectivity index (χ1n) is 9.35. The third-order valence-corrected chi connectivity index (χ3v) is 5.61. The van der Waals surface area contributed by atoms with Gasteiger partial charge in [0.1, 0.15) is 12.3 Å². The van der Waals surface area contributed by atoms with Gasteiger partial charge in [-0.25, -0.2) is 0 Å². The quantitative estimate of drug-likeness (QED) is 0.529. The molecule has 4 atom stereocenters. The van der Waals surface area contributed by atoms with E-state index in [1.54, 1.807) is 4.90 Å². The van der Waals surface area contributed by atoms with Crippen LogP contribution in [-0.2, 0) is 4.79 Å². The Bertz CT molecular complexity index is 608. The minimum absolute atomic E-state index is 0.511. The first-order valence-corrected chi connectivity index (χ1v) is 9.35. The maximum atomic E-state index is 11.5. The van der Waals surface area contributed by atoms with Gasteiger partial charge >= 0.3 is 0 Å². The number of hydrogen-bond donors (Lipinski definition) is 4. The normalized spacial score (nSPS) is 27.1. The van der Waals surface area contributed by atoms with E-state index < -0.39 is 24.3 Å². The van der Waals surface area contributed by atoms with Crippen LogP contribution in [0.4, 0.5) is 0 Å². The molecule has 1 amide bonds. The lowest BCUT2D eigenvalue weighted by Gasteiger charge is -2.43. The van der Waals surface area contributed by atoms with E-state index in [1.807, 2.05) is 0 Å². The van der Waals surface area contributed by atoms with Gasteiger partial charge in [0.05, 0.1) is 0 Å². The molecule has 0 aromatic rings. The lowest BCUT2D eigenvalue weighted by Crippen LogP contribution is -2.57. The van der Waals surface area contributed by atoms with Crippen LogP contribution in [0.2, 0.25) is 0 Å². The second kappa shape index (κ2) is 8.35. The number of carbonyl (C=O) groups excluding carboxylic acids is 1. The van der Waals surface area contributed by atoms with Crippen molar-refractivity contribution >= 4 is 5.91 Å². The number of likely N-dealkylation sites (N-methyl/N-ethyl adjacent to an activating group) is 1. The van der Waals surface area contributed by atoms with Crippen LogP contribution in [0.15, 0.2) is 35.6 Å². The van der Waals surface area contributed by atoms with Crippen molar-refractivity contribution in [3.05, 3.63) is 35.6 Å². The predicted octanol–water partition coefficient (Wildman–Crippen LogP) is -0.430. The summed E-state index contributed by atoms with van der Waals surface area (Å²) in [5.41, 5.74) is 2.80. The van der Waals surface area contributed by atoms with E-state index in [-0.39, 0.29) is 0 Å². The second-order valence-electron chi connectivity index (χ2n) is 7.13. The number of piperazine rings is 1. The summed E-state index contributed by atoms with van der Waals surface area (Å²) < 4.78 is 0. The Hall–Kier alpha value is -1.67. The van der Waals surface area contributed by atoms with Crippen molar-refractivity contribution in [2.24, 2.45) is 5.92 Å². The van der Waals surface area contributed by atoms with Crippen LogP contribution in [0.3, 0.4) is 0 Å². The number of amides is 1. The highest BCUT2D eigenvalue weighted by Gasteiger charge is 2.35. The fraction of sp³-hybridized carbons (Fsp3) is 0.632. The number of nitrogens with zero attached hydrogens (tertiary/aromatic N) is 2. The Morgan fingerprint density at radius 3 is 2.62 bits per heavy atom. The summed E-state index contributed by atoms with van der Waals surface area (Å²) in [6.07, 6.45) is 7.70. The summed E-state index contributed by atoms with van der Waals surface area (Å²) in [6, 6.07) is 0. The fourth-order valence-electron chi connectivity index (χ4n) is 4.06. The molecular formula is C19H29N3O4. The molecule has 144 valence electrons. The number of aliphatic hydroxyl groups is 3. The summed E-state index contributed by atoms with van der Waals surface area (Å²) in [4.78, 5) is 15.5. The molecule has 0 saturated carbocycles. The Morgan fingerprint density at radius 2 is 1.92 bits per heavy atom. The minimum atomic E-state index is -1.64. The minimum Gasteiger partial charge on any atom is -0.386 e. The van der Waals surface area contributed by atoms with E-state index >= 15 is 0 Å². The molecule has 26 heavy (non-hydrogen) atoms. The molecule has 0 radical (unpaired) electrons. The zero-order valence-electron chi connectivity index (χ0n) is 15.2. The molecule has 4 N–H and O–H groups in total. The molecule has 3 aliphatic rings. The topological polar surface area (TPSA) is 96.3 Å². The highest BCUT2D eigenvalue weighted by molar-refractivity contribution is 5.80. The van der Waals surface area contributed by atoms with Crippen molar-refractivity contribution in [2.75, 3.05) is 33.2 Å². The molecule has 1 saturated heterocycles. The van der Waals surface area contributed by atoms with E-state index in [2.05, 4.69) is 34.5 Å². The lowest BCUT2D eigenvalue weighted by molar-refractivity contribution is -0.155. The summed E-state index contributed by atoms with van der Waals surface area (Å²) in [7, 11) is 1.38. The number of aliphatic hydroxyl groups excluding tert-OH is 3. The van der Waals surface area contributed by atoms with Crippen LogP contribution < -0.4 is 5.32 Å². The van der Waals surface area contributed by atoms with Crippen LogP contribution in [0.1, 0.15) is 19.3 Å². The molecule has 1 aliphatic heterocycles. The molecule has 0 aromatic carbocycles. The maximum Gasteiger partial charge on any atom is 0.251 e. The molecule has 0 spiro atoms. The van der Waals surface area contributed by atoms with Gasteiger partial charge in [0.25, 0.3) is 5.91 Å². The SMILES string of the molecule is CNC(=O)C(O)C(O)C(O)N1CCN(C2=C3C=CC=CC3CCC2)CC1. The molecule has 1 fully saturated rings. The maximum absolute atomic E-state index is 11.5.